The van der Waals surface area contributed by atoms with E-state index in [-0.39, 0.29) is 12.8 Å². The molecule has 0 bridgehead atoms. The maximum Gasteiger partial charge on any atom is 0.472 e. The van der Waals surface area contributed by atoms with Gasteiger partial charge in [0.15, 0.2) is 6.10 Å². The summed E-state index contributed by atoms with van der Waals surface area (Å²) in [7, 11) is -5.11. The Kier molecular flexibility index (Phi) is 31.4. The summed E-state index contributed by atoms with van der Waals surface area (Å²) in [6.45, 7) is 3.26. The Balaban J connectivity index is 2.44. The highest BCUT2D eigenvalue weighted by Crippen LogP contribution is 2.47. The van der Waals surface area contributed by atoms with Gasteiger partial charge in [0.2, 0.25) is 0 Å². The molecule has 56 heavy (non-hydrogen) atoms. The lowest BCUT2D eigenvalue weighted by atomic mass is 9.85. The monoisotopic (exact) mass is 823 g/mol. The molecular formula is C42H79O13P. The van der Waals surface area contributed by atoms with Gasteiger partial charge in [0, 0.05) is 12.8 Å². The predicted octanol–water partition coefficient (Wildman–Crippen LogP) is 7.89. The molecule has 330 valence electrons. The molecule has 0 heterocycles. The van der Waals surface area contributed by atoms with Crippen LogP contribution in [0.5, 0.6) is 0 Å². The van der Waals surface area contributed by atoms with E-state index in [4.69, 9.17) is 18.5 Å². The first-order valence-corrected chi connectivity index (χ1v) is 23.5. The standard InChI is InChI=1S/C42H79O13P/c1-3-5-7-9-11-13-15-16-17-18-19-20-21-23-24-26-28-30-35(43)52-32-34(54-36(44)31-29-27-25-22-14-12-10-8-6-4-2)33-53-56(50,51)55-42-40(48)38(46)37(45)39(47)41(42)49/h13,15,34,37-42,45-49H,3-12,14,16-33H2,1-2H3,(H,50,51)/b15-13+/t34-,37?,38-,39?,40?,41?,42?/m0/s1. The van der Waals surface area contributed by atoms with Crippen molar-refractivity contribution in [3.8, 4) is 0 Å². The topological polar surface area (TPSA) is 210 Å². The third-order valence-electron chi connectivity index (χ3n) is 10.4. The van der Waals surface area contributed by atoms with Crippen molar-refractivity contribution in [3.63, 3.8) is 0 Å². The summed E-state index contributed by atoms with van der Waals surface area (Å²) in [4.78, 5) is 35.5. The van der Waals surface area contributed by atoms with E-state index in [0.29, 0.717) is 12.8 Å². The van der Waals surface area contributed by atoms with Gasteiger partial charge in [-0.15, -0.1) is 0 Å². The molecule has 6 unspecified atom stereocenters. The van der Waals surface area contributed by atoms with Gasteiger partial charge in [-0.2, -0.15) is 0 Å². The van der Waals surface area contributed by atoms with Gasteiger partial charge in [0.1, 0.15) is 43.2 Å². The molecule has 1 saturated carbocycles. The maximum absolute atomic E-state index is 12.8. The molecule has 0 aromatic heterocycles. The number of phosphoric acid groups is 1. The molecule has 14 heteroatoms. The van der Waals surface area contributed by atoms with Crippen LogP contribution in [-0.4, -0.2) is 98.3 Å². The summed E-state index contributed by atoms with van der Waals surface area (Å²) < 4.78 is 33.4. The number of unbranched alkanes of at least 4 members (excludes halogenated alkanes) is 22. The molecule has 0 radical (unpaired) electrons. The molecule has 1 rings (SSSR count). The number of hydrogen-bond donors (Lipinski definition) is 6. The minimum absolute atomic E-state index is 0.101. The molecule has 0 saturated heterocycles. The minimum atomic E-state index is -5.11. The number of allylic oxidation sites excluding steroid dienone is 2. The Labute approximate surface area is 337 Å². The number of esters is 2. The predicted molar refractivity (Wildman–Crippen MR) is 217 cm³/mol. The highest BCUT2D eigenvalue weighted by molar-refractivity contribution is 7.47. The highest BCUT2D eigenvalue weighted by Gasteiger charge is 2.51. The lowest BCUT2D eigenvalue weighted by molar-refractivity contribution is -0.220. The molecule has 8 atom stereocenters. The Morgan fingerprint density at radius 3 is 1.38 bits per heavy atom. The third-order valence-corrected chi connectivity index (χ3v) is 11.3. The minimum Gasteiger partial charge on any atom is -0.462 e. The maximum atomic E-state index is 12.8. The Morgan fingerprint density at radius 2 is 0.911 bits per heavy atom. The van der Waals surface area contributed by atoms with Gasteiger partial charge in [0.25, 0.3) is 0 Å². The molecule has 1 aliphatic carbocycles. The number of phosphoric ester groups is 1. The average Bonchev–Trinajstić information content (AvgIpc) is 3.18. The van der Waals surface area contributed by atoms with Crippen molar-refractivity contribution in [2.75, 3.05) is 13.2 Å². The molecule has 6 N–H and O–H groups in total. The second kappa shape index (κ2) is 33.4. The lowest BCUT2D eigenvalue weighted by Gasteiger charge is -2.41. The number of ether oxygens (including phenoxy) is 2. The molecule has 1 aliphatic rings. The van der Waals surface area contributed by atoms with Crippen molar-refractivity contribution in [1.82, 2.24) is 0 Å². The lowest BCUT2D eigenvalue weighted by Crippen LogP contribution is -2.64. The van der Waals surface area contributed by atoms with Gasteiger partial charge in [0.05, 0.1) is 6.61 Å². The van der Waals surface area contributed by atoms with Gasteiger partial charge < -0.3 is 39.9 Å². The third kappa shape index (κ3) is 25.8. The SMILES string of the molecule is CCCCCC/C=C/CCCCCCCCCCCC(=O)OC[C@@H](COP(=O)(O)OC1C(O)C(O)C(O)[C@H](O)C1O)OC(=O)CCCCCCCCCCCC. The Bertz CT molecular complexity index is 1040. The Morgan fingerprint density at radius 1 is 0.536 bits per heavy atom. The summed E-state index contributed by atoms with van der Waals surface area (Å²) in [6.07, 6.45) is 20.0. The van der Waals surface area contributed by atoms with Crippen LogP contribution in [0.25, 0.3) is 0 Å². The zero-order valence-electron chi connectivity index (χ0n) is 34.7. The van der Waals surface area contributed by atoms with Crippen LogP contribution < -0.4 is 0 Å². The number of aliphatic hydroxyl groups is 5. The van der Waals surface area contributed by atoms with Gasteiger partial charge in [-0.25, -0.2) is 4.57 Å². The largest absolute Gasteiger partial charge is 0.472 e. The summed E-state index contributed by atoms with van der Waals surface area (Å²) >= 11 is 0. The molecule has 0 amide bonds. The van der Waals surface area contributed by atoms with Crippen LogP contribution in [0.4, 0.5) is 0 Å². The van der Waals surface area contributed by atoms with Gasteiger partial charge in [-0.3, -0.25) is 18.6 Å². The average molecular weight is 823 g/mol. The van der Waals surface area contributed by atoms with Crippen LogP contribution in [0.1, 0.15) is 187 Å². The van der Waals surface area contributed by atoms with Crippen LogP contribution in [0.2, 0.25) is 0 Å². The summed E-state index contributed by atoms with van der Waals surface area (Å²) in [6, 6.07) is 0. The quantitative estimate of drug-likeness (QED) is 0.0154. The van der Waals surface area contributed by atoms with Crippen LogP contribution >= 0.6 is 7.82 Å². The molecule has 13 nitrogen and oxygen atoms in total. The van der Waals surface area contributed by atoms with Gasteiger partial charge >= 0.3 is 19.8 Å². The first-order valence-electron chi connectivity index (χ1n) is 22.0. The fraction of sp³-hybridized carbons (Fsp3) is 0.905. The zero-order chi connectivity index (χ0) is 41.4. The second-order valence-corrected chi connectivity index (χ2v) is 17.0. The number of carbonyl (C=O) groups excluding carboxylic acids is 2. The van der Waals surface area contributed by atoms with E-state index in [9.17, 15) is 44.6 Å². The molecule has 0 spiro atoms. The molecule has 0 aliphatic heterocycles. The van der Waals surface area contributed by atoms with E-state index in [1.807, 2.05) is 0 Å². The fourth-order valence-electron chi connectivity index (χ4n) is 6.75. The molecule has 1 fully saturated rings. The fourth-order valence-corrected chi connectivity index (χ4v) is 7.73. The van der Waals surface area contributed by atoms with Crippen molar-refractivity contribution in [1.29, 1.82) is 0 Å². The summed E-state index contributed by atoms with van der Waals surface area (Å²) in [5, 5.41) is 50.0. The number of carbonyl (C=O) groups is 2. The number of aliphatic hydroxyl groups excluding tert-OH is 5. The smallest absolute Gasteiger partial charge is 0.462 e. The molecule has 0 aromatic rings. The van der Waals surface area contributed by atoms with Crippen LogP contribution in [0.3, 0.4) is 0 Å². The van der Waals surface area contributed by atoms with Crippen LogP contribution in [0.15, 0.2) is 12.2 Å². The Hall–Kier alpha value is -1.41. The summed E-state index contributed by atoms with van der Waals surface area (Å²) in [5.41, 5.74) is 0. The summed E-state index contributed by atoms with van der Waals surface area (Å²) in [5.74, 6) is -1.10. The van der Waals surface area contributed by atoms with E-state index in [0.717, 1.165) is 51.4 Å². The van der Waals surface area contributed by atoms with Crippen molar-refractivity contribution in [2.24, 2.45) is 0 Å². The first-order chi connectivity index (χ1) is 26.9. The second-order valence-electron chi connectivity index (χ2n) is 15.6. The van der Waals surface area contributed by atoms with E-state index in [2.05, 4.69) is 26.0 Å². The van der Waals surface area contributed by atoms with Crippen molar-refractivity contribution in [3.05, 3.63) is 12.2 Å². The van der Waals surface area contributed by atoms with Crippen molar-refractivity contribution in [2.45, 2.75) is 230 Å². The van der Waals surface area contributed by atoms with E-state index < -0.39 is 75.7 Å². The normalized spacial score (nSPS) is 22.9. The number of rotatable bonds is 36. The van der Waals surface area contributed by atoms with Crippen LogP contribution in [0, 0.1) is 0 Å². The van der Waals surface area contributed by atoms with Gasteiger partial charge in [-0.1, -0.05) is 148 Å². The van der Waals surface area contributed by atoms with E-state index in [1.165, 1.54) is 96.3 Å². The molecular weight excluding hydrogens is 743 g/mol. The van der Waals surface area contributed by atoms with Crippen molar-refractivity contribution < 1.29 is 63.1 Å². The zero-order valence-corrected chi connectivity index (χ0v) is 35.6. The van der Waals surface area contributed by atoms with E-state index >= 15 is 0 Å². The number of hydrogen-bond acceptors (Lipinski definition) is 12. The molecule has 0 aromatic carbocycles. The van der Waals surface area contributed by atoms with E-state index in [1.54, 1.807) is 0 Å². The van der Waals surface area contributed by atoms with Crippen molar-refractivity contribution >= 4 is 19.8 Å². The highest BCUT2D eigenvalue weighted by atomic mass is 31.2. The first kappa shape index (κ1) is 52.6. The van der Waals surface area contributed by atoms with Crippen LogP contribution in [-0.2, 0) is 32.7 Å². The van der Waals surface area contributed by atoms with Gasteiger partial charge in [-0.05, 0) is 38.5 Å².